The van der Waals surface area contributed by atoms with Crippen LogP contribution in [-0.4, -0.2) is 28.6 Å². The summed E-state index contributed by atoms with van der Waals surface area (Å²) in [5, 5.41) is 3.24. The fourth-order valence-corrected chi connectivity index (χ4v) is 2.47. The van der Waals surface area contributed by atoms with E-state index in [1.54, 1.807) is 13.3 Å². The summed E-state index contributed by atoms with van der Waals surface area (Å²) in [6, 6.07) is 3.99. The van der Waals surface area contributed by atoms with Crippen LogP contribution in [0.1, 0.15) is 25.1 Å². The molecule has 0 unspecified atom stereocenters. The maximum Gasteiger partial charge on any atom is 0.180 e. The summed E-state index contributed by atoms with van der Waals surface area (Å²) in [6.07, 6.45) is 2.65. The zero-order valence-corrected chi connectivity index (χ0v) is 14.1. The Morgan fingerprint density at radius 1 is 1.29 bits per heavy atom. The maximum absolute atomic E-state index is 5.22. The van der Waals surface area contributed by atoms with Crippen LogP contribution in [0.15, 0.2) is 22.8 Å². The third-order valence-electron chi connectivity index (χ3n) is 3.03. The molecular weight excluding hydrogens is 332 g/mol. The van der Waals surface area contributed by atoms with Crippen molar-refractivity contribution in [2.75, 3.05) is 19.0 Å². The third-order valence-corrected chi connectivity index (χ3v) is 3.86. The highest BCUT2D eigenvalue weighted by molar-refractivity contribution is 9.10. The van der Waals surface area contributed by atoms with E-state index in [-0.39, 0.29) is 0 Å². The smallest absolute Gasteiger partial charge is 0.180 e. The Balaban J connectivity index is 2.57. The van der Waals surface area contributed by atoms with Gasteiger partial charge >= 0.3 is 0 Å². The van der Waals surface area contributed by atoms with Gasteiger partial charge in [-0.25, -0.2) is 9.97 Å². The van der Waals surface area contributed by atoms with Gasteiger partial charge < -0.3 is 10.1 Å². The molecule has 2 heterocycles. The predicted molar refractivity (Wildman–Crippen MR) is 87.2 cm³/mol. The van der Waals surface area contributed by atoms with Crippen LogP contribution in [0.4, 0.5) is 5.82 Å². The average Bonchev–Trinajstić information content (AvgIpc) is 2.51. The Kier molecular flexibility index (Phi) is 5.64. The number of ether oxygens (including phenoxy) is 1. The minimum Gasteiger partial charge on any atom is -0.378 e. The highest BCUT2D eigenvalue weighted by Gasteiger charge is 2.15. The van der Waals surface area contributed by atoms with Crippen LogP contribution in [0.5, 0.6) is 0 Å². The summed E-state index contributed by atoms with van der Waals surface area (Å²) in [4.78, 5) is 13.6. The molecule has 0 spiro atoms. The first kappa shape index (κ1) is 15.9. The van der Waals surface area contributed by atoms with Gasteiger partial charge in [-0.15, -0.1) is 0 Å². The molecule has 0 bridgehead atoms. The first-order valence-corrected chi connectivity index (χ1v) is 7.74. The highest BCUT2D eigenvalue weighted by atomic mass is 79.9. The highest BCUT2D eigenvalue weighted by Crippen LogP contribution is 2.28. The van der Waals surface area contributed by atoms with E-state index in [0.29, 0.717) is 12.4 Å². The zero-order chi connectivity index (χ0) is 15.2. The molecular formula is C15H19BrN4O. The summed E-state index contributed by atoms with van der Waals surface area (Å²) in [5.74, 6) is 1.39. The molecule has 5 nitrogen and oxygen atoms in total. The van der Waals surface area contributed by atoms with Crippen LogP contribution in [0, 0.1) is 0 Å². The molecule has 0 amide bonds. The number of rotatable bonds is 6. The quantitative estimate of drug-likeness (QED) is 0.864. The van der Waals surface area contributed by atoms with Gasteiger partial charge in [0.1, 0.15) is 11.5 Å². The first-order chi connectivity index (χ1) is 10.2. The molecule has 2 aromatic rings. The fourth-order valence-electron chi connectivity index (χ4n) is 2.04. The van der Waals surface area contributed by atoms with Crippen molar-refractivity contribution in [1.29, 1.82) is 0 Å². The van der Waals surface area contributed by atoms with Gasteiger partial charge in [0.25, 0.3) is 0 Å². The maximum atomic E-state index is 5.22. The van der Waals surface area contributed by atoms with Gasteiger partial charge in [0.2, 0.25) is 0 Å². The molecule has 112 valence electrons. The van der Waals surface area contributed by atoms with Gasteiger partial charge in [-0.3, -0.25) is 4.98 Å². The lowest BCUT2D eigenvalue weighted by atomic mass is 10.1. The van der Waals surface area contributed by atoms with Crippen LogP contribution in [0.2, 0.25) is 0 Å². The minimum atomic E-state index is 0.419. The van der Waals surface area contributed by atoms with Crippen molar-refractivity contribution < 1.29 is 4.74 Å². The molecule has 0 aliphatic carbocycles. The van der Waals surface area contributed by atoms with Gasteiger partial charge in [-0.2, -0.15) is 0 Å². The number of aromatic nitrogens is 3. The van der Waals surface area contributed by atoms with E-state index in [9.17, 15) is 0 Å². The fraction of sp³-hybridized carbons (Fsp3) is 0.400. The molecule has 21 heavy (non-hydrogen) atoms. The van der Waals surface area contributed by atoms with Crippen molar-refractivity contribution in [3.8, 4) is 11.5 Å². The topological polar surface area (TPSA) is 59.9 Å². The van der Waals surface area contributed by atoms with E-state index >= 15 is 0 Å². The van der Waals surface area contributed by atoms with Crippen molar-refractivity contribution in [2.45, 2.75) is 26.9 Å². The number of methoxy groups -OCH3 is 1. The Labute approximate surface area is 133 Å². The van der Waals surface area contributed by atoms with Crippen molar-refractivity contribution >= 4 is 21.7 Å². The first-order valence-electron chi connectivity index (χ1n) is 6.94. The van der Waals surface area contributed by atoms with Crippen molar-refractivity contribution in [1.82, 2.24) is 15.0 Å². The molecule has 0 aliphatic rings. The molecule has 1 N–H and O–H groups in total. The SMILES string of the molecule is CCNc1nc(-c2ncccc2CC)nc(COC)c1Br. The number of nitrogens with zero attached hydrogens (tertiary/aromatic N) is 3. The minimum absolute atomic E-state index is 0.419. The Morgan fingerprint density at radius 3 is 2.76 bits per heavy atom. The van der Waals surface area contributed by atoms with Crippen LogP contribution in [0.25, 0.3) is 11.5 Å². The molecule has 6 heteroatoms. The molecule has 0 saturated carbocycles. The molecule has 2 aromatic heterocycles. The second-order valence-electron chi connectivity index (χ2n) is 4.48. The van der Waals surface area contributed by atoms with Crippen molar-refractivity contribution in [3.05, 3.63) is 34.1 Å². The lowest BCUT2D eigenvalue weighted by Crippen LogP contribution is -2.08. The van der Waals surface area contributed by atoms with Crippen LogP contribution < -0.4 is 5.32 Å². The average molecular weight is 351 g/mol. The summed E-state index contributed by atoms with van der Waals surface area (Å²) < 4.78 is 6.06. The second kappa shape index (κ2) is 7.47. The number of halogens is 1. The van der Waals surface area contributed by atoms with Crippen LogP contribution >= 0.6 is 15.9 Å². The van der Waals surface area contributed by atoms with E-state index in [2.05, 4.69) is 49.2 Å². The molecule has 0 aromatic carbocycles. The second-order valence-corrected chi connectivity index (χ2v) is 5.28. The Morgan fingerprint density at radius 2 is 2.10 bits per heavy atom. The van der Waals surface area contributed by atoms with Crippen molar-refractivity contribution in [3.63, 3.8) is 0 Å². The Bertz CT molecular complexity index is 591. The number of hydrogen-bond acceptors (Lipinski definition) is 5. The lowest BCUT2D eigenvalue weighted by molar-refractivity contribution is 0.181. The monoisotopic (exact) mass is 350 g/mol. The number of hydrogen-bond donors (Lipinski definition) is 1. The largest absolute Gasteiger partial charge is 0.378 e. The number of pyridine rings is 1. The summed E-state index contributed by atoms with van der Waals surface area (Å²) >= 11 is 3.54. The van der Waals surface area contributed by atoms with Gasteiger partial charge in [-0.1, -0.05) is 13.0 Å². The van der Waals surface area contributed by atoms with E-state index in [0.717, 1.165) is 40.2 Å². The van der Waals surface area contributed by atoms with Crippen LogP contribution in [0.3, 0.4) is 0 Å². The predicted octanol–water partition coefficient (Wildman–Crippen LogP) is 3.44. The van der Waals surface area contributed by atoms with E-state index in [1.165, 1.54) is 0 Å². The Hall–Kier alpha value is -1.53. The lowest BCUT2D eigenvalue weighted by Gasteiger charge is -2.13. The molecule has 0 aliphatic heterocycles. The van der Waals surface area contributed by atoms with Crippen molar-refractivity contribution in [2.24, 2.45) is 0 Å². The van der Waals surface area contributed by atoms with Crippen LogP contribution in [-0.2, 0) is 17.8 Å². The number of aryl methyl sites for hydroxylation is 1. The molecule has 0 radical (unpaired) electrons. The number of nitrogens with one attached hydrogen (secondary N) is 1. The van der Waals surface area contributed by atoms with E-state index < -0.39 is 0 Å². The number of anilines is 1. The summed E-state index contributed by atoms with van der Waals surface area (Å²) in [5.41, 5.74) is 2.76. The normalized spacial score (nSPS) is 10.7. The molecule has 0 fully saturated rings. The summed E-state index contributed by atoms with van der Waals surface area (Å²) in [7, 11) is 1.65. The van der Waals surface area contributed by atoms with Gasteiger partial charge in [0.15, 0.2) is 5.82 Å². The molecule has 2 rings (SSSR count). The van der Waals surface area contributed by atoms with E-state index in [1.807, 2.05) is 13.0 Å². The van der Waals surface area contributed by atoms with Gasteiger partial charge in [0, 0.05) is 19.9 Å². The summed E-state index contributed by atoms with van der Waals surface area (Å²) in [6.45, 7) is 5.33. The zero-order valence-electron chi connectivity index (χ0n) is 12.5. The van der Waals surface area contributed by atoms with E-state index in [4.69, 9.17) is 4.74 Å². The van der Waals surface area contributed by atoms with Gasteiger partial charge in [-0.05, 0) is 40.9 Å². The van der Waals surface area contributed by atoms with Gasteiger partial charge in [0.05, 0.1) is 16.8 Å². The third kappa shape index (κ3) is 3.57. The standard InChI is InChI=1S/C15H19BrN4O/c1-4-10-7-6-8-18-13(10)15-19-11(9-21-3)12(16)14(20-15)17-5-2/h6-8H,4-5,9H2,1-3H3,(H,17,19,20). The molecule has 0 atom stereocenters. The molecule has 0 saturated heterocycles.